The van der Waals surface area contributed by atoms with E-state index in [9.17, 15) is 0 Å². The van der Waals surface area contributed by atoms with E-state index in [2.05, 4.69) is 24.4 Å². The van der Waals surface area contributed by atoms with Crippen molar-refractivity contribution in [2.75, 3.05) is 20.3 Å². The van der Waals surface area contributed by atoms with Gasteiger partial charge in [0.1, 0.15) is 23.9 Å². The fraction of sp³-hybridized carbons (Fsp3) is 0.412. The fourth-order valence-electron chi connectivity index (χ4n) is 1.97. The lowest BCUT2D eigenvalue weighted by atomic mass is 10.1. The molecule has 2 rings (SSSR count). The molecule has 0 spiro atoms. The number of hydrogen-bond donors (Lipinski definition) is 1. The molecule has 4 heteroatoms. The third-order valence-electron chi connectivity index (χ3n) is 3.17. The fourth-order valence-corrected chi connectivity index (χ4v) is 1.97. The zero-order valence-corrected chi connectivity index (χ0v) is 12.7. The monoisotopic (exact) mass is 289 g/mol. The zero-order valence-electron chi connectivity index (χ0n) is 12.7. The standard InChI is InChI=1S/C17H23NO3/c1-3-18-12-16-8-9-17(21-16)13-20-15-6-4-14(5-7-15)10-11-19-2/h4-9,18H,3,10-13H2,1-2H3. The number of ether oxygens (including phenoxy) is 2. The van der Waals surface area contributed by atoms with Gasteiger partial charge in [-0.05, 0) is 42.8 Å². The molecule has 4 nitrogen and oxygen atoms in total. The molecule has 0 unspecified atom stereocenters. The Bertz CT molecular complexity index is 519. The Balaban J connectivity index is 1.80. The van der Waals surface area contributed by atoms with E-state index in [1.165, 1.54) is 5.56 Å². The summed E-state index contributed by atoms with van der Waals surface area (Å²) in [6.45, 7) is 4.95. The van der Waals surface area contributed by atoms with Gasteiger partial charge in [-0.15, -0.1) is 0 Å². The number of nitrogens with one attached hydrogen (secondary N) is 1. The van der Waals surface area contributed by atoms with Gasteiger partial charge in [-0.1, -0.05) is 19.1 Å². The van der Waals surface area contributed by atoms with Crippen LogP contribution in [0.5, 0.6) is 5.75 Å². The number of methoxy groups -OCH3 is 1. The second-order valence-corrected chi connectivity index (χ2v) is 4.82. The first-order valence-electron chi connectivity index (χ1n) is 7.30. The molecule has 0 amide bonds. The third kappa shape index (κ3) is 5.25. The van der Waals surface area contributed by atoms with Crippen LogP contribution in [0.1, 0.15) is 24.0 Å². The molecule has 0 radical (unpaired) electrons. The summed E-state index contributed by atoms with van der Waals surface area (Å²) in [5.41, 5.74) is 1.25. The van der Waals surface area contributed by atoms with Gasteiger partial charge in [0, 0.05) is 7.11 Å². The third-order valence-corrected chi connectivity index (χ3v) is 3.17. The molecule has 0 atom stereocenters. The van der Waals surface area contributed by atoms with E-state index in [1.54, 1.807) is 7.11 Å². The van der Waals surface area contributed by atoms with E-state index >= 15 is 0 Å². The predicted octanol–water partition coefficient (Wildman–Crippen LogP) is 3.16. The van der Waals surface area contributed by atoms with E-state index in [0.717, 1.165) is 43.4 Å². The highest BCUT2D eigenvalue weighted by Crippen LogP contribution is 2.16. The zero-order chi connectivity index (χ0) is 14.9. The summed E-state index contributed by atoms with van der Waals surface area (Å²) in [5.74, 6) is 2.62. The molecule has 0 bridgehead atoms. The molecule has 2 aromatic rings. The quantitative estimate of drug-likeness (QED) is 0.770. The van der Waals surface area contributed by atoms with E-state index in [4.69, 9.17) is 13.9 Å². The van der Waals surface area contributed by atoms with Crippen molar-refractivity contribution in [3.8, 4) is 5.75 Å². The molecule has 0 aliphatic rings. The van der Waals surface area contributed by atoms with Gasteiger partial charge < -0.3 is 19.2 Å². The second kappa shape index (κ2) is 8.49. The maximum Gasteiger partial charge on any atom is 0.146 e. The van der Waals surface area contributed by atoms with Crippen molar-refractivity contribution in [1.82, 2.24) is 5.32 Å². The molecule has 1 aromatic carbocycles. The number of benzene rings is 1. The molecule has 0 saturated heterocycles. The van der Waals surface area contributed by atoms with Crippen LogP contribution in [0, 0.1) is 0 Å². The first-order valence-corrected chi connectivity index (χ1v) is 7.30. The van der Waals surface area contributed by atoms with Gasteiger partial charge in [-0.3, -0.25) is 0 Å². The van der Waals surface area contributed by atoms with Crippen molar-refractivity contribution in [3.63, 3.8) is 0 Å². The number of hydrogen-bond acceptors (Lipinski definition) is 4. The minimum Gasteiger partial charge on any atom is -0.486 e. The van der Waals surface area contributed by atoms with Crippen LogP contribution in [0.25, 0.3) is 0 Å². The molecule has 21 heavy (non-hydrogen) atoms. The summed E-state index contributed by atoms with van der Waals surface area (Å²) < 4.78 is 16.5. The van der Waals surface area contributed by atoms with Crippen LogP contribution in [-0.4, -0.2) is 20.3 Å². The van der Waals surface area contributed by atoms with E-state index in [1.807, 2.05) is 24.3 Å². The summed E-state index contributed by atoms with van der Waals surface area (Å²) in [5, 5.41) is 3.23. The van der Waals surface area contributed by atoms with Crippen LogP contribution in [-0.2, 0) is 24.3 Å². The first kappa shape index (κ1) is 15.6. The average molecular weight is 289 g/mol. The van der Waals surface area contributed by atoms with Crippen LogP contribution < -0.4 is 10.1 Å². The molecule has 1 heterocycles. The minimum atomic E-state index is 0.448. The average Bonchev–Trinajstić information content (AvgIpc) is 2.98. The lowest BCUT2D eigenvalue weighted by Crippen LogP contribution is -2.10. The summed E-state index contributed by atoms with van der Waals surface area (Å²) >= 11 is 0. The maximum atomic E-state index is 5.72. The summed E-state index contributed by atoms with van der Waals surface area (Å²) in [6.07, 6.45) is 0.919. The van der Waals surface area contributed by atoms with Gasteiger partial charge in [-0.25, -0.2) is 0 Å². The Labute approximate surface area is 126 Å². The first-order chi connectivity index (χ1) is 10.3. The van der Waals surface area contributed by atoms with Crippen LogP contribution >= 0.6 is 0 Å². The van der Waals surface area contributed by atoms with Crippen LogP contribution in [0.3, 0.4) is 0 Å². The van der Waals surface area contributed by atoms with Gasteiger partial charge in [0.25, 0.3) is 0 Å². The molecule has 114 valence electrons. The Hall–Kier alpha value is -1.78. The lowest BCUT2D eigenvalue weighted by molar-refractivity contribution is 0.202. The normalized spacial score (nSPS) is 10.8. The molecule has 1 aromatic heterocycles. The Morgan fingerprint density at radius 1 is 1.05 bits per heavy atom. The molecule has 1 N–H and O–H groups in total. The smallest absolute Gasteiger partial charge is 0.146 e. The Kier molecular flexibility index (Phi) is 6.31. The summed E-state index contributed by atoms with van der Waals surface area (Å²) in [6, 6.07) is 12.0. The molecular weight excluding hydrogens is 266 g/mol. The van der Waals surface area contributed by atoms with Gasteiger partial charge in [0.15, 0.2) is 0 Å². The van der Waals surface area contributed by atoms with E-state index in [0.29, 0.717) is 6.61 Å². The van der Waals surface area contributed by atoms with Crippen LogP contribution in [0.15, 0.2) is 40.8 Å². The van der Waals surface area contributed by atoms with Crippen molar-refractivity contribution in [2.45, 2.75) is 26.5 Å². The lowest BCUT2D eigenvalue weighted by Gasteiger charge is -2.06. The van der Waals surface area contributed by atoms with Gasteiger partial charge in [-0.2, -0.15) is 0 Å². The van der Waals surface area contributed by atoms with Crippen molar-refractivity contribution in [1.29, 1.82) is 0 Å². The summed E-state index contributed by atoms with van der Waals surface area (Å²) in [7, 11) is 1.71. The van der Waals surface area contributed by atoms with Crippen molar-refractivity contribution in [3.05, 3.63) is 53.5 Å². The Morgan fingerprint density at radius 3 is 2.52 bits per heavy atom. The summed E-state index contributed by atoms with van der Waals surface area (Å²) in [4.78, 5) is 0. The van der Waals surface area contributed by atoms with Crippen molar-refractivity contribution >= 4 is 0 Å². The van der Waals surface area contributed by atoms with Crippen LogP contribution in [0.4, 0.5) is 0 Å². The predicted molar refractivity (Wildman–Crippen MR) is 82.4 cm³/mol. The minimum absolute atomic E-state index is 0.448. The highest BCUT2D eigenvalue weighted by atomic mass is 16.5. The molecule has 0 fully saturated rings. The molecule has 0 aliphatic carbocycles. The largest absolute Gasteiger partial charge is 0.486 e. The maximum absolute atomic E-state index is 5.72. The highest BCUT2D eigenvalue weighted by Gasteiger charge is 2.03. The molecule has 0 saturated carbocycles. The SMILES string of the molecule is CCNCc1ccc(COc2ccc(CCOC)cc2)o1. The molecular formula is C17H23NO3. The highest BCUT2D eigenvalue weighted by molar-refractivity contribution is 5.27. The Morgan fingerprint density at radius 2 is 1.81 bits per heavy atom. The number of furan rings is 1. The van der Waals surface area contributed by atoms with E-state index < -0.39 is 0 Å². The van der Waals surface area contributed by atoms with Crippen LogP contribution in [0.2, 0.25) is 0 Å². The second-order valence-electron chi connectivity index (χ2n) is 4.82. The van der Waals surface area contributed by atoms with Gasteiger partial charge in [0.2, 0.25) is 0 Å². The molecule has 0 aliphatic heterocycles. The van der Waals surface area contributed by atoms with E-state index in [-0.39, 0.29) is 0 Å². The van der Waals surface area contributed by atoms with Crippen molar-refractivity contribution < 1.29 is 13.9 Å². The topological polar surface area (TPSA) is 43.6 Å². The van der Waals surface area contributed by atoms with Gasteiger partial charge in [0.05, 0.1) is 13.2 Å². The van der Waals surface area contributed by atoms with Gasteiger partial charge >= 0.3 is 0 Å². The van der Waals surface area contributed by atoms with Crippen molar-refractivity contribution in [2.24, 2.45) is 0 Å². The number of rotatable bonds is 9.